The summed E-state index contributed by atoms with van der Waals surface area (Å²) in [6.07, 6.45) is 2.26. The molecule has 0 aliphatic carbocycles. The zero-order chi connectivity index (χ0) is 12.7. The number of ether oxygens (including phenoxy) is 2. The average molecular weight is 253 g/mol. The number of thiocarbonyl (C=S) groups is 1. The fraction of sp³-hybridized carbons (Fsp3) is 0.417. The molecule has 1 heterocycles. The highest BCUT2D eigenvalue weighted by Crippen LogP contribution is 2.16. The maximum atomic E-state index is 11.2. The lowest BCUT2D eigenvalue weighted by molar-refractivity contribution is -0.141. The van der Waals surface area contributed by atoms with Crippen LogP contribution in [0.1, 0.15) is 19.0 Å². The van der Waals surface area contributed by atoms with Crippen LogP contribution in [0.25, 0.3) is 0 Å². The molecular formula is C12H15NO3S. The second kappa shape index (κ2) is 6.96. The molecule has 0 atom stereocenters. The van der Waals surface area contributed by atoms with E-state index in [4.69, 9.17) is 21.7 Å². The van der Waals surface area contributed by atoms with Crippen LogP contribution in [-0.4, -0.2) is 29.5 Å². The minimum atomic E-state index is -0.299. The van der Waals surface area contributed by atoms with Gasteiger partial charge in [-0.3, -0.25) is 9.78 Å². The molecule has 0 aliphatic rings. The molecule has 92 valence electrons. The van der Waals surface area contributed by atoms with E-state index in [2.05, 4.69) is 4.98 Å². The number of methoxy groups -OCH3 is 1. The molecular weight excluding hydrogens is 238 g/mol. The molecule has 0 aromatic carbocycles. The molecule has 0 unspecified atom stereocenters. The highest BCUT2D eigenvalue weighted by molar-refractivity contribution is 7.80. The minimum absolute atomic E-state index is 0.142. The summed E-state index contributed by atoms with van der Waals surface area (Å²) in [5, 5.41) is 0. The number of carbonyl (C=O) groups excluding carboxylic acids is 1. The second-order valence-electron chi connectivity index (χ2n) is 3.35. The number of nitrogens with zero attached hydrogens (tertiary/aromatic N) is 1. The van der Waals surface area contributed by atoms with Crippen molar-refractivity contribution in [1.29, 1.82) is 0 Å². The van der Waals surface area contributed by atoms with Crippen molar-refractivity contribution in [2.24, 2.45) is 0 Å². The maximum Gasteiger partial charge on any atom is 0.310 e. The van der Waals surface area contributed by atoms with Crippen LogP contribution in [0.15, 0.2) is 18.3 Å². The van der Waals surface area contributed by atoms with Crippen molar-refractivity contribution in [2.45, 2.75) is 19.8 Å². The van der Waals surface area contributed by atoms with Crippen LogP contribution in [0, 0.1) is 0 Å². The van der Waals surface area contributed by atoms with E-state index in [0.717, 1.165) is 5.69 Å². The van der Waals surface area contributed by atoms with Gasteiger partial charge in [-0.05, 0) is 19.1 Å². The van der Waals surface area contributed by atoms with Gasteiger partial charge in [-0.2, -0.15) is 0 Å². The normalized spacial score (nSPS) is 9.76. The van der Waals surface area contributed by atoms with E-state index in [0.29, 0.717) is 23.6 Å². The van der Waals surface area contributed by atoms with Gasteiger partial charge < -0.3 is 9.47 Å². The van der Waals surface area contributed by atoms with Gasteiger partial charge in [-0.15, -0.1) is 0 Å². The molecule has 0 bridgehead atoms. The van der Waals surface area contributed by atoms with Gasteiger partial charge in [0.25, 0.3) is 0 Å². The quantitative estimate of drug-likeness (QED) is 0.573. The summed E-state index contributed by atoms with van der Waals surface area (Å²) in [5.74, 6) is 0.381. The predicted octanol–water partition coefficient (Wildman–Crippen LogP) is 1.96. The van der Waals surface area contributed by atoms with Gasteiger partial charge in [0.1, 0.15) is 5.75 Å². The Hall–Kier alpha value is -1.49. The highest BCUT2D eigenvalue weighted by atomic mass is 32.1. The number of aromatic nitrogens is 1. The molecule has 0 saturated carbocycles. The fourth-order valence-electron chi connectivity index (χ4n) is 1.36. The minimum Gasteiger partial charge on any atom is -0.495 e. The SMILES string of the molecule is CCOC(=O)CC(=S)Cc1ncccc1OC. The van der Waals surface area contributed by atoms with Gasteiger partial charge in [0.05, 0.1) is 25.8 Å². The van der Waals surface area contributed by atoms with E-state index in [9.17, 15) is 4.79 Å². The second-order valence-corrected chi connectivity index (χ2v) is 3.93. The lowest BCUT2D eigenvalue weighted by atomic mass is 10.1. The average Bonchev–Trinajstić information content (AvgIpc) is 2.29. The van der Waals surface area contributed by atoms with Crippen molar-refractivity contribution >= 4 is 23.1 Å². The first kappa shape index (κ1) is 13.6. The third-order valence-corrected chi connectivity index (χ3v) is 2.37. The Morgan fingerprint density at radius 3 is 2.94 bits per heavy atom. The van der Waals surface area contributed by atoms with Crippen LogP contribution in [0.4, 0.5) is 0 Å². The van der Waals surface area contributed by atoms with E-state index >= 15 is 0 Å². The van der Waals surface area contributed by atoms with E-state index in [1.165, 1.54) is 0 Å². The molecule has 0 aliphatic heterocycles. The smallest absolute Gasteiger partial charge is 0.310 e. The molecule has 0 radical (unpaired) electrons. The Bertz CT molecular complexity index is 406. The molecule has 17 heavy (non-hydrogen) atoms. The summed E-state index contributed by atoms with van der Waals surface area (Å²) in [5.41, 5.74) is 0.740. The van der Waals surface area contributed by atoms with Crippen molar-refractivity contribution < 1.29 is 14.3 Å². The summed E-state index contributed by atoms with van der Waals surface area (Å²) in [6, 6.07) is 3.60. The van der Waals surface area contributed by atoms with E-state index in [1.54, 1.807) is 26.3 Å². The Labute approximate surface area is 106 Å². The van der Waals surface area contributed by atoms with Crippen molar-refractivity contribution in [2.75, 3.05) is 13.7 Å². The zero-order valence-corrected chi connectivity index (χ0v) is 10.8. The monoisotopic (exact) mass is 253 g/mol. The summed E-state index contributed by atoms with van der Waals surface area (Å²) in [4.78, 5) is 16.0. The van der Waals surface area contributed by atoms with E-state index < -0.39 is 0 Å². The van der Waals surface area contributed by atoms with Crippen LogP contribution in [0.3, 0.4) is 0 Å². The third kappa shape index (κ3) is 4.48. The number of hydrogen-bond acceptors (Lipinski definition) is 5. The van der Waals surface area contributed by atoms with Gasteiger partial charge in [-0.25, -0.2) is 0 Å². The van der Waals surface area contributed by atoms with Gasteiger partial charge >= 0.3 is 5.97 Å². The molecule has 0 spiro atoms. The van der Waals surface area contributed by atoms with Crippen molar-refractivity contribution in [1.82, 2.24) is 4.98 Å². The summed E-state index contributed by atoms with van der Waals surface area (Å²) in [6.45, 7) is 2.14. The molecule has 0 amide bonds. The zero-order valence-electron chi connectivity index (χ0n) is 9.93. The van der Waals surface area contributed by atoms with Gasteiger partial charge in [0.2, 0.25) is 0 Å². The standard InChI is InChI=1S/C12H15NO3S/c1-3-16-12(14)8-9(17)7-10-11(15-2)5-4-6-13-10/h4-6H,3,7-8H2,1-2H3. The van der Waals surface area contributed by atoms with Gasteiger partial charge in [0.15, 0.2) is 0 Å². The molecule has 0 saturated heterocycles. The van der Waals surface area contributed by atoms with Gasteiger partial charge in [-0.1, -0.05) is 12.2 Å². The summed E-state index contributed by atoms with van der Waals surface area (Å²) in [7, 11) is 1.58. The van der Waals surface area contributed by atoms with Crippen LogP contribution in [-0.2, 0) is 16.0 Å². The number of esters is 1. The summed E-state index contributed by atoms with van der Waals surface area (Å²) >= 11 is 5.14. The van der Waals surface area contributed by atoms with Gasteiger partial charge in [0, 0.05) is 17.5 Å². The van der Waals surface area contributed by atoms with Crippen molar-refractivity contribution in [3.63, 3.8) is 0 Å². The summed E-state index contributed by atoms with van der Waals surface area (Å²) < 4.78 is 9.99. The fourth-order valence-corrected chi connectivity index (χ4v) is 1.62. The first-order chi connectivity index (χ1) is 8.17. The predicted molar refractivity (Wildman–Crippen MR) is 68.3 cm³/mol. The topological polar surface area (TPSA) is 48.4 Å². The third-order valence-electron chi connectivity index (χ3n) is 2.08. The molecule has 0 fully saturated rings. The lowest BCUT2D eigenvalue weighted by Gasteiger charge is -2.07. The Kier molecular flexibility index (Phi) is 5.56. The number of pyridine rings is 1. The molecule has 1 aromatic heterocycles. The first-order valence-electron chi connectivity index (χ1n) is 5.32. The lowest BCUT2D eigenvalue weighted by Crippen LogP contribution is -2.12. The largest absolute Gasteiger partial charge is 0.495 e. The van der Waals surface area contributed by atoms with Crippen LogP contribution in [0.5, 0.6) is 5.75 Å². The number of carbonyl (C=O) groups is 1. The number of rotatable bonds is 6. The Morgan fingerprint density at radius 1 is 1.53 bits per heavy atom. The number of hydrogen-bond donors (Lipinski definition) is 0. The maximum absolute atomic E-state index is 11.2. The van der Waals surface area contributed by atoms with E-state index in [-0.39, 0.29) is 12.4 Å². The van der Waals surface area contributed by atoms with Crippen LogP contribution < -0.4 is 4.74 Å². The molecule has 1 rings (SSSR count). The van der Waals surface area contributed by atoms with Crippen molar-refractivity contribution in [3.05, 3.63) is 24.0 Å². The Morgan fingerprint density at radius 2 is 2.29 bits per heavy atom. The Balaban J connectivity index is 2.59. The molecule has 5 heteroatoms. The van der Waals surface area contributed by atoms with Crippen LogP contribution >= 0.6 is 12.2 Å². The molecule has 4 nitrogen and oxygen atoms in total. The highest BCUT2D eigenvalue weighted by Gasteiger charge is 2.11. The molecule has 1 aromatic rings. The van der Waals surface area contributed by atoms with Crippen LogP contribution in [0.2, 0.25) is 0 Å². The molecule has 0 N–H and O–H groups in total. The van der Waals surface area contributed by atoms with Crippen molar-refractivity contribution in [3.8, 4) is 5.75 Å². The first-order valence-corrected chi connectivity index (χ1v) is 5.73. The van der Waals surface area contributed by atoms with E-state index in [1.807, 2.05) is 6.07 Å².